The molecule has 0 radical (unpaired) electrons. The van der Waals surface area contributed by atoms with Crippen LogP contribution in [0.4, 0.5) is 0 Å². The summed E-state index contributed by atoms with van der Waals surface area (Å²) < 4.78 is 9.13. The van der Waals surface area contributed by atoms with Crippen LogP contribution in [0.15, 0.2) is 223 Å². The van der Waals surface area contributed by atoms with Gasteiger partial charge in [0.05, 0.1) is 11.0 Å². The highest BCUT2D eigenvalue weighted by Gasteiger charge is 2.21. The van der Waals surface area contributed by atoms with Crippen LogP contribution in [0.25, 0.3) is 138 Å². The van der Waals surface area contributed by atoms with Crippen LogP contribution in [0, 0.1) is 0 Å². The molecule has 11 aromatic carbocycles. The van der Waals surface area contributed by atoms with Crippen LogP contribution >= 0.6 is 0 Å². The fourth-order valence-electron chi connectivity index (χ4n) is 10.2. The first-order valence-electron chi connectivity index (χ1n) is 22.3. The maximum absolute atomic E-state index is 6.73. The molecule has 3 aromatic heterocycles. The van der Waals surface area contributed by atoms with E-state index in [4.69, 9.17) is 19.4 Å². The van der Waals surface area contributed by atoms with E-state index in [2.05, 4.69) is 211 Å². The van der Waals surface area contributed by atoms with Crippen LogP contribution in [0.5, 0.6) is 0 Å². The Hall–Kier alpha value is -8.93. The van der Waals surface area contributed by atoms with Crippen molar-refractivity contribution in [3.05, 3.63) is 218 Å². The van der Waals surface area contributed by atoms with E-state index in [1.807, 2.05) is 12.1 Å². The Morgan fingerprint density at radius 1 is 0.303 bits per heavy atom. The van der Waals surface area contributed by atoms with Gasteiger partial charge in [-0.1, -0.05) is 170 Å². The lowest BCUT2D eigenvalue weighted by Gasteiger charge is -2.14. The molecule has 0 aliphatic heterocycles. The molecule has 0 saturated heterocycles. The van der Waals surface area contributed by atoms with Gasteiger partial charge in [0, 0.05) is 43.9 Å². The van der Waals surface area contributed by atoms with Crippen LogP contribution in [0.3, 0.4) is 0 Å². The molecule has 0 fully saturated rings. The molecule has 0 bridgehead atoms. The third-order valence-electron chi connectivity index (χ3n) is 13.4. The predicted molar refractivity (Wildman–Crippen MR) is 273 cm³/mol. The lowest BCUT2D eigenvalue weighted by molar-refractivity contribution is 0.669. The van der Waals surface area contributed by atoms with Gasteiger partial charge in [0.1, 0.15) is 11.2 Å². The monoisotopic (exact) mass is 840 g/mol. The Morgan fingerprint density at radius 2 is 0.924 bits per heavy atom. The zero-order valence-electron chi connectivity index (χ0n) is 35.5. The lowest BCUT2D eigenvalue weighted by atomic mass is 9.97. The minimum absolute atomic E-state index is 0.574. The number of benzene rings is 11. The van der Waals surface area contributed by atoms with Gasteiger partial charge in [-0.3, -0.25) is 0 Å². The van der Waals surface area contributed by atoms with Crippen molar-refractivity contribution in [1.82, 2.24) is 19.5 Å². The second-order valence-electron chi connectivity index (χ2n) is 17.2. The summed E-state index contributed by atoms with van der Waals surface area (Å²) in [5, 5.41) is 13.8. The van der Waals surface area contributed by atoms with Gasteiger partial charge < -0.3 is 8.98 Å². The van der Waals surface area contributed by atoms with Gasteiger partial charge in [0.25, 0.3) is 0 Å². The van der Waals surface area contributed by atoms with Crippen LogP contribution in [-0.2, 0) is 0 Å². The normalized spacial score (nSPS) is 11.9. The molecule has 66 heavy (non-hydrogen) atoms. The number of fused-ring (bicyclic) bond motifs is 11. The average Bonchev–Trinajstić information content (AvgIpc) is 3.92. The van der Waals surface area contributed by atoms with Crippen molar-refractivity contribution in [3.8, 4) is 51.0 Å². The van der Waals surface area contributed by atoms with Crippen molar-refractivity contribution >= 4 is 86.8 Å². The Balaban J connectivity index is 1.01. The van der Waals surface area contributed by atoms with Crippen molar-refractivity contribution < 1.29 is 4.42 Å². The van der Waals surface area contributed by atoms with Crippen molar-refractivity contribution in [1.29, 1.82) is 0 Å². The molecule has 3 heterocycles. The highest BCUT2D eigenvalue weighted by Crippen LogP contribution is 2.43. The quantitative estimate of drug-likeness (QED) is 0.173. The molecule has 14 rings (SSSR count). The third kappa shape index (κ3) is 5.70. The zero-order chi connectivity index (χ0) is 43.3. The Bertz CT molecular complexity index is 4290. The number of furan rings is 1. The molecule has 0 amide bonds. The van der Waals surface area contributed by atoms with Gasteiger partial charge in [-0.05, 0) is 103 Å². The zero-order valence-corrected chi connectivity index (χ0v) is 35.5. The number of aromatic nitrogens is 4. The Morgan fingerprint density at radius 3 is 1.76 bits per heavy atom. The van der Waals surface area contributed by atoms with Gasteiger partial charge in [0.15, 0.2) is 17.5 Å². The van der Waals surface area contributed by atoms with Crippen molar-refractivity contribution in [2.45, 2.75) is 0 Å². The fraction of sp³-hybridized carbons (Fsp3) is 0. The molecule has 5 heteroatoms. The summed E-state index contributed by atoms with van der Waals surface area (Å²) >= 11 is 0. The maximum Gasteiger partial charge on any atom is 0.164 e. The summed E-state index contributed by atoms with van der Waals surface area (Å²) in [5.74, 6) is 1.77. The molecule has 0 aliphatic rings. The van der Waals surface area contributed by atoms with E-state index in [0.717, 1.165) is 82.5 Å². The fourth-order valence-corrected chi connectivity index (χ4v) is 10.2. The number of hydrogen-bond acceptors (Lipinski definition) is 4. The Labute approximate surface area is 378 Å². The maximum atomic E-state index is 6.73. The van der Waals surface area contributed by atoms with Crippen molar-refractivity contribution in [2.75, 3.05) is 0 Å². The number of hydrogen-bond donors (Lipinski definition) is 0. The van der Waals surface area contributed by atoms with Gasteiger partial charge in [-0.2, -0.15) is 0 Å². The average molecular weight is 841 g/mol. The molecule has 0 spiro atoms. The molecule has 0 N–H and O–H groups in total. The lowest BCUT2D eigenvalue weighted by Crippen LogP contribution is -2.01. The van der Waals surface area contributed by atoms with Crippen LogP contribution in [0.2, 0.25) is 0 Å². The molecule has 0 atom stereocenters. The standard InChI is InChI=1S/C61H36N4O/c1-2-14-41-32-44(29-24-37(41)12-1)60-62-59(40-27-25-39(26-28-40)47-21-11-17-38-13-5-6-18-46(38)47)63-61(64-60)53-36-57-58(50-20-8-10-23-56(50)66-57)52-35-45(30-31-48(52)53)65-54-22-9-7-19-49(54)51-33-42-15-3-4-16-43(42)34-55(51)65/h1-36H. The molecule has 0 saturated carbocycles. The molecule has 0 unspecified atom stereocenters. The summed E-state index contributed by atoms with van der Waals surface area (Å²) in [7, 11) is 0. The number of nitrogens with zero attached hydrogens (tertiary/aromatic N) is 4. The summed E-state index contributed by atoms with van der Waals surface area (Å²) in [4.78, 5) is 15.9. The van der Waals surface area contributed by atoms with Crippen LogP contribution in [-0.4, -0.2) is 19.5 Å². The first-order chi connectivity index (χ1) is 32.7. The highest BCUT2D eigenvalue weighted by atomic mass is 16.3. The smallest absolute Gasteiger partial charge is 0.164 e. The van der Waals surface area contributed by atoms with E-state index in [1.54, 1.807) is 0 Å². The molecular formula is C61H36N4O. The van der Waals surface area contributed by atoms with Gasteiger partial charge in [-0.15, -0.1) is 0 Å². The Kier molecular flexibility index (Phi) is 7.91. The first-order valence-corrected chi connectivity index (χ1v) is 22.3. The summed E-state index contributed by atoms with van der Waals surface area (Å²) in [6, 6.07) is 77.6. The summed E-state index contributed by atoms with van der Waals surface area (Å²) in [6.45, 7) is 0. The minimum Gasteiger partial charge on any atom is -0.456 e. The molecule has 5 nitrogen and oxygen atoms in total. The van der Waals surface area contributed by atoms with E-state index >= 15 is 0 Å². The van der Waals surface area contributed by atoms with Gasteiger partial charge in [-0.25, -0.2) is 15.0 Å². The SMILES string of the molecule is c1ccc2cc(-c3nc(-c4ccc(-c5cccc6ccccc56)cc4)nc(-c4cc5oc6ccccc6c5c5cc(-n6c7ccccc7c7cc8ccccc8cc76)ccc45)n3)ccc2c1. The first kappa shape index (κ1) is 36.5. The van der Waals surface area contributed by atoms with Crippen molar-refractivity contribution in [2.24, 2.45) is 0 Å². The summed E-state index contributed by atoms with van der Waals surface area (Å²) in [5.41, 5.74) is 9.99. The van der Waals surface area contributed by atoms with E-state index in [-0.39, 0.29) is 0 Å². The highest BCUT2D eigenvalue weighted by molar-refractivity contribution is 6.22. The molecular weight excluding hydrogens is 805 g/mol. The third-order valence-corrected chi connectivity index (χ3v) is 13.4. The van der Waals surface area contributed by atoms with E-state index in [0.29, 0.717) is 17.5 Å². The second kappa shape index (κ2) is 14.3. The topological polar surface area (TPSA) is 56.7 Å². The van der Waals surface area contributed by atoms with Gasteiger partial charge in [0.2, 0.25) is 0 Å². The predicted octanol–water partition coefficient (Wildman–Crippen LogP) is 16.1. The molecule has 306 valence electrons. The van der Waals surface area contributed by atoms with E-state index in [1.165, 1.54) is 37.9 Å². The largest absolute Gasteiger partial charge is 0.456 e. The van der Waals surface area contributed by atoms with Crippen LogP contribution < -0.4 is 0 Å². The summed E-state index contributed by atoms with van der Waals surface area (Å²) in [6.07, 6.45) is 0. The van der Waals surface area contributed by atoms with Gasteiger partial charge >= 0.3 is 0 Å². The van der Waals surface area contributed by atoms with Crippen molar-refractivity contribution in [3.63, 3.8) is 0 Å². The number of rotatable bonds is 5. The second-order valence-corrected chi connectivity index (χ2v) is 17.2. The van der Waals surface area contributed by atoms with E-state index in [9.17, 15) is 0 Å². The number of para-hydroxylation sites is 2. The minimum atomic E-state index is 0.574. The van der Waals surface area contributed by atoms with E-state index < -0.39 is 0 Å². The molecule has 0 aliphatic carbocycles. The van der Waals surface area contributed by atoms with Crippen LogP contribution in [0.1, 0.15) is 0 Å². The molecule has 14 aromatic rings.